The number of hydrogen-bond donors (Lipinski definition) is 2. The number of alkyl halides is 3. The minimum absolute atomic E-state index is 0.0132. The van der Waals surface area contributed by atoms with E-state index in [-0.39, 0.29) is 54.6 Å². The number of hydrogen-bond acceptors (Lipinski definition) is 9. The molecule has 0 bridgehead atoms. The number of aromatic nitrogens is 2. The molecular weight excluding hydrogens is 584 g/mol. The van der Waals surface area contributed by atoms with Crippen LogP contribution in [-0.2, 0) is 10.3 Å². The Bertz CT molecular complexity index is 1400. The summed E-state index contributed by atoms with van der Waals surface area (Å²) >= 11 is 18.4. The smallest absolute Gasteiger partial charge is 0.410 e. The highest BCUT2D eigenvalue weighted by Gasteiger charge is 2.60. The van der Waals surface area contributed by atoms with E-state index in [9.17, 15) is 28.1 Å². The summed E-state index contributed by atoms with van der Waals surface area (Å²) in [6.45, 7) is 0. The molecule has 2 aromatic carbocycles. The fraction of sp³-hybridized carbons (Fsp3) is 0.200. The summed E-state index contributed by atoms with van der Waals surface area (Å²) in [5.41, 5.74) is -1.41. The van der Waals surface area contributed by atoms with Gasteiger partial charge < -0.3 is 9.73 Å². The summed E-state index contributed by atoms with van der Waals surface area (Å²) in [7, 11) is 0. The molecule has 2 heterocycles. The van der Waals surface area contributed by atoms with E-state index < -0.39 is 29.0 Å². The Hall–Kier alpha value is -3.07. The average Bonchev–Trinajstić information content (AvgIpc) is 3.45. The normalized spacial score (nSPS) is 17.3. The average molecular weight is 596 g/mol. The molecule has 1 amide bonds. The van der Waals surface area contributed by atoms with Gasteiger partial charge in [0.25, 0.3) is 16.8 Å². The number of hydrazone groups is 1. The number of nitrogens with zero attached hydrogens (tertiary/aromatic N) is 4. The molecule has 0 radical (unpaired) electrons. The number of anilines is 1. The highest BCUT2D eigenvalue weighted by atomic mass is 35.5. The molecule has 0 saturated carbocycles. The van der Waals surface area contributed by atoms with E-state index in [1.165, 1.54) is 18.2 Å². The van der Waals surface area contributed by atoms with E-state index >= 15 is 0 Å². The molecule has 0 saturated heterocycles. The molecule has 0 spiro atoms. The molecule has 4 rings (SSSR count). The van der Waals surface area contributed by atoms with Crippen molar-refractivity contribution in [2.45, 2.75) is 23.4 Å². The number of nitro groups is 1. The number of rotatable bonds is 7. The summed E-state index contributed by atoms with van der Waals surface area (Å²) in [6.07, 6.45) is -5.50. The third kappa shape index (κ3) is 5.76. The number of amides is 1. The number of nitrogens with one attached hydrogen (secondary N) is 2. The van der Waals surface area contributed by atoms with Crippen molar-refractivity contribution >= 4 is 69.6 Å². The number of benzene rings is 2. The Morgan fingerprint density at radius 2 is 1.86 bits per heavy atom. The second-order valence-corrected chi connectivity index (χ2v) is 9.77. The molecule has 3 aromatic rings. The van der Waals surface area contributed by atoms with Crippen LogP contribution in [0.4, 0.5) is 24.5 Å². The van der Waals surface area contributed by atoms with Crippen molar-refractivity contribution in [3.63, 3.8) is 0 Å². The second-order valence-electron chi connectivity index (χ2n) is 7.54. The van der Waals surface area contributed by atoms with Crippen molar-refractivity contribution in [3.05, 3.63) is 73.0 Å². The van der Waals surface area contributed by atoms with E-state index in [1.807, 2.05) is 0 Å². The molecule has 0 fully saturated rings. The topological polar surface area (TPSA) is 136 Å². The maximum Gasteiger partial charge on any atom is 0.417 e. The van der Waals surface area contributed by atoms with E-state index in [0.29, 0.717) is 0 Å². The molecular formula is C20H12Cl3F3N6O4S. The summed E-state index contributed by atoms with van der Waals surface area (Å²) in [5, 5.41) is 24.8. The fourth-order valence-corrected chi connectivity index (χ4v) is 4.64. The maximum absolute atomic E-state index is 14.2. The molecule has 2 N–H and O–H groups in total. The van der Waals surface area contributed by atoms with Gasteiger partial charge in [-0.25, -0.2) is 0 Å². The molecule has 194 valence electrons. The van der Waals surface area contributed by atoms with Crippen molar-refractivity contribution in [2.24, 2.45) is 5.10 Å². The molecule has 17 heteroatoms. The molecule has 1 aliphatic heterocycles. The fourth-order valence-electron chi connectivity index (χ4n) is 3.38. The van der Waals surface area contributed by atoms with Gasteiger partial charge in [-0.1, -0.05) is 46.6 Å². The van der Waals surface area contributed by atoms with Gasteiger partial charge in [0, 0.05) is 27.6 Å². The number of thioether (sulfide) groups is 1. The largest absolute Gasteiger partial charge is 0.417 e. The Morgan fingerprint density at radius 3 is 2.51 bits per heavy atom. The minimum atomic E-state index is -4.80. The highest BCUT2D eigenvalue weighted by molar-refractivity contribution is 7.99. The number of nitro benzene ring substituents is 1. The lowest BCUT2D eigenvalue weighted by Crippen LogP contribution is -2.49. The van der Waals surface area contributed by atoms with E-state index in [2.05, 4.69) is 26.0 Å². The van der Waals surface area contributed by atoms with Crippen molar-refractivity contribution in [2.75, 3.05) is 11.1 Å². The Labute approximate surface area is 224 Å². The van der Waals surface area contributed by atoms with Gasteiger partial charge in [0.1, 0.15) is 11.4 Å². The molecule has 37 heavy (non-hydrogen) atoms. The lowest BCUT2D eigenvalue weighted by molar-refractivity contribution is -0.383. The molecule has 1 unspecified atom stereocenters. The first-order chi connectivity index (χ1) is 17.4. The van der Waals surface area contributed by atoms with Gasteiger partial charge in [-0.15, -0.1) is 10.2 Å². The van der Waals surface area contributed by atoms with Crippen LogP contribution in [0.3, 0.4) is 0 Å². The lowest BCUT2D eigenvalue weighted by Gasteiger charge is -2.31. The summed E-state index contributed by atoms with van der Waals surface area (Å²) < 4.78 is 47.9. The SMILES string of the molecule is O=C(CSc1nnc(C2=NNC(c3cc(Cl)cc(Cl)c3)(C(F)(F)F)C2)o1)Nc1cc(Cl)ccc1[N+](=O)[O-]. The molecule has 1 aliphatic rings. The van der Waals surface area contributed by atoms with Gasteiger partial charge in [-0.05, 0) is 35.9 Å². The van der Waals surface area contributed by atoms with E-state index in [0.717, 1.165) is 30.0 Å². The number of carbonyl (C=O) groups is 1. The minimum Gasteiger partial charge on any atom is -0.410 e. The van der Waals surface area contributed by atoms with Gasteiger partial charge in [0.05, 0.1) is 10.7 Å². The van der Waals surface area contributed by atoms with Crippen molar-refractivity contribution < 1.29 is 27.3 Å². The molecule has 1 aromatic heterocycles. The van der Waals surface area contributed by atoms with Crippen molar-refractivity contribution in [3.8, 4) is 0 Å². The first-order valence-corrected chi connectivity index (χ1v) is 12.1. The Morgan fingerprint density at radius 1 is 1.16 bits per heavy atom. The van der Waals surface area contributed by atoms with Gasteiger partial charge in [-0.3, -0.25) is 20.3 Å². The van der Waals surface area contributed by atoms with Gasteiger partial charge in [0.2, 0.25) is 5.91 Å². The van der Waals surface area contributed by atoms with Crippen LogP contribution >= 0.6 is 46.6 Å². The standard InChI is InChI=1S/C20H12Cl3F3N6O4S/c21-10-1-2-15(32(34)35)13(6-10)27-16(33)8-37-18-30-29-17(36-18)14-7-19(31-28-14,20(24,25)26)9-3-11(22)5-12(23)4-9/h1-6,31H,7-8H2,(H,27,33). The zero-order valence-corrected chi connectivity index (χ0v) is 21.1. The summed E-state index contributed by atoms with van der Waals surface area (Å²) in [5.74, 6) is -1.24. The Balaban J connectivity index is 1.45. The van der Waals surface area contributed by atoms with Gasteiger partial charge in [0.15, 0.2) is 5.54 Å². The summed E-state index contributed by atoms with van der Waals surface area (Å²) in [4.78, 5) is 22.7. The predicted molar refractivity (Wildman–Crippen MR) is 130 cm³/mol. The first kappa shape index (κ1) is 27.0. The van der Waals surface area contributed by atoms with Crippen LogP contribution in [0, 0.1) is 10.1 Å². The molecule has 10 nitrogen and oxygen atoms in total. The molecule has 1 atom stereocenters. The van der Waals surface area contributed by atoms with Gasteiger partial charge >= 0.3 is 6.18 Å². The predicted octanol–water partition coefficient (Wildman–Crippen LogP) is 5.82. The van der Waals surface area contributed by atoms with Crippen LogP contribution in [0.5, 0.6) is 0 Å². The van der Waals surface area contributed by atoms with Crippen LogP contribution in [0.15, 0.2) is 51.1 Å². The van der Waals surface area contributed by atoms with Crippen LogP contribution in [0.2, 0.25) is 15.1 Å². The quantitative estimate of drug-likeness (QED) is 0.198. The zero-order chi connectivity index (χ0) is 27.0. The van der Waals surface area contributed by atoms with Crippen molar-refractivity contribution in [1.29, 1.82) is 0 Å². The van der Waals surface area contributed by atoms with Crippen LogP contribution in [0.1, 0.15) is 17.9 Å². The third-order valence-electron chi connectivity index (χ3n) is 5.06. The van der Waals surface area contributed by atoms with Crippen LogP contribution in [-0.4, -0.2) is 38.7 Å². The third-order valence-corrected chi connectivity index (χ3v) is 6.55. The van der Waals surface area contributed by atoms with Crippen LogP contribution in [0.25, 0.3) is 0 Å². The first-order valence-electron chi connectivity index (χ1n) is 9.95. The molecule has 0 aliphatic carbocycles. The van der Waals surface area contributed by atoms with Crippen molar-refractivity contribution in [1.82, 2.24) is 15.6 Å². The monoisotopic (exact) mass is 594 g/mol. The van der Waals surface area contributed by atoms with E-state index in [1.54, 1.807) is 0 Å². The second kappa shape index (κ2) is 10.4. The van der Waals surface area contributed by atoms with Gasteiger partial charge in [-0.2, -0.15) is 18.3 Å². The Kier molecular flexibility index (Phi) is 7.55. The van der Waals surface area contributed by atoms with E-state index in [4.69, 9.17) is 39.2 Å². The van der Waals surface area contributed by atoms with Crippen LogP contribution < -0.4 is 10.7 Å². The zero-order valence-electron chi connectivity index (χ0n) is 18.0. The highest BCUT2D eigenvalue weighted by Crippen LogP contribution is 2.46. The number of carbonyl (C=O) groups excluding carboxylic acids is 1. The maximum atomic E-state index is 14.2. The lowest BCUT2D eigenvalue weighted by atomic mass is 9.85. The summed E-state index contributed by atoms with van der Waals surface area (Å²) in [6, 6.07) is 7.23. The number of halogens is 6.